The van der Waals surface area contributed by atoms with Gasteiger partial charge in [0.1, 0.15) is 5.75 Å². The summed E-state index contributed by atoms with van der Waals surface area (Å²) in [6.07, 6.45) is 4.04. The number of amides is 1. The number of nitrogens with two attached hydrogens (primary N) is 1. The molecule has 1 aromatic rings. The van der Waals surface area contributed by atoms with Crippen molar-refractivity contribution < 1.29 is 9.53 Å². The third-order valence-corrected chi connectivity index (χ3v) is 4.52. The maximum absolute atomic E-state index is 12.2. The molecule has 0 heterocycles. The van der Waals surface area contributed by atoms with E-state index in [4.69, 9.17) is 10.5 Å². The minimum Gasteiger partial charge on any atom is -0.493 e. The Labute approximate surface area is 139 Å². The molecule has 2 rings (SSSR count). The highest BCUT2D eigenvalue weighted by atomic mass is 16.5. The van der Waals surface area contributed by atoms with E-state index in [1.54, 1.807) is 0 Å². The van der Waals surface area contributed by atoms with E-state index in [9.17, 15) is 4.79 Å². The Morgan fingerprint density at radius 2 is 2.04 bits per heavy atom. The number of carbonyl (C=O) groups is 1. The Morgan fingerprint density at radius 1 is 1.30 bits per heavy atom. The summed E-state index contributed by atoms with van der Waals surface area (Å²) < 4.78 is 5.68. The second-order valence-corrected chi connectivity index (χ2v) is 6.92. The van der Waals surface area contributed by atoms with E-state index < -0.39 is 0 Å². The highest BCUT2D eigenvalue weighted by Gasteiger charge is 2.31. The fourth-order valence-electron chi connectivity index (χ4n) is 3.14. The number of ether oxygens (including phenoxy) is 1. The van der Waals surface area contributed by atoms with Crippen molar-refractivity contribution in [3.63, 3.8) is 0 Å². The minimum atomic E-state index is 0.117. The van der Waals surface area contributed by atoms with Crippen LogP contribution in [0.2, 0.25) is 0 Å². The van der Waals surface area contributed by atoms with Crippen molar-refractivity contribution >= 4 is 5.91 Å². The molecule has 0 aromatic heterocycles. The molecule has 1 amide bonds. The van der Waals surface area contributed by atoms with E-state index in [-0.39, 0.29) is 11.8 Å². The molecule has 1 fully saturated rings. The third-order valence-electron chi connectivity index (χ3n) is 4.52. The Kier molecular flexibility index (Phi) is 6.90. The van der Waals surface area contributed by atoms with Crippen molar-refractivity contribution in [3.05, 3.63) is 29.8 Å². The molecule has 4 nitrogen and oxygen atoms in total. The zero-order valence-electron chi connectivity index (χ0n) is 14.4. The summed E-state index contributed by atoms with van der Waals surface area (Å²) in [6.45, 7) is 6.31. The standard InChI is InChI=1S/C19H30N2O2/c1-14(2)13-23-17-8-6-15(7-9-17)10-11-21-19(22)18-5-3-4-16(18)12-20/h6-9,14,16,18H,3-5,10-13,20H2,1-2H3,(H,21,22)/t16-,18-/m1/s1. The molecule has 1 aliphatic rings. The number of nitrogens with one attached hydrogen (secondary N) is 1. The summed E-state index contributed by atoms with van der Waals surface area (Å²) in [4.78, 5) is 12.2. The first-order chi connectivity index (χ1) is 11.1. The molecule has 3 N–H and O–H groups in total. The average Bonchev–Trinajstić information content (AvgIpc) is 3.02. The van der Waals surface area contributed by atoms with Gasteiger partial charge in [0.05, 0.1) is 6.61 Å². The first-order valence-electron chi connectivity index (χ1n) is 8.79. The molecule has 2 atom stereocenters. The van der Waals surface area contributed by atoms with E-state index in [1.807, 2.05) is 12.1 Å². The number of hydrogen-bond acceptors (Lipinski definition) is 3. The van der Waals surface area contributed by atoms with Crippen LogP contribution in [0.5, 0.6) is 5.75 Å². The lowest BCUT2D eigenvalue weighted by Crippen LogP contribution is -2.36. The Bertz CT molecular complexity index is 485. The lowest BCUT2D eigenvalue weighted by atomic mass is 9.95. The van der Waals surface area contributed by atoms with Crippen LogP contribution in [0.15, 0.2) is 24.3 Å². The van der Waals surface area contributed by atoms with Crippen LogP contribution in [0, 0.1) is 17.8 Å². The topological polar surface area (TPSA) is 64.3 Å². The largest absolute Gasteiger partial charge is 0.493 e. The molecule has 0 saturated heterocycles. The van der Waals surface area contributed by atoms with Crippen LogP contribution in [0.4, 0.5) is 0 Å². The van der Waals surface area contributed by atoms with E-state index in [2.05, 4.69) is 31.3 Å². The SMILES string of the molecule is CC(C)COc1ccc(CCNC(=O)[C@@H]2CCC[C@@H]2CN)cc1. The maximum atomic E-state index is 12.2. The second-order valence-electron chi connectivity index (χ2n) is 6.92. The van der Waals surface area contributed by atoms with Crippen LogP contribution < -0.4 is 15.8 Å². The van der Waals surface area contributed by atoms with E-state index >= 15 is 0 Å². The number of rotatable bonds is 8. The van der Waals surface area contributed by atoms with Gasteiger partial charge in [-0.2, -0.15) is 0 Å². The van der Waals surface area contributed by atoms with Crippen molar-refractivity contribution in [2.45, 2.75) is 39.5 Å². The first-order valence-corrected chi connectivity index (χ1v) is 8.79. The molecular formula is C19H30N2O2. The molecule has 4 heteroatoms. The summed E-state index contributed by atoms with van der Waals surface area (Å²) in [6, 6.07) is 8.14. The van der Waals surface area contributed by atoms with Gasteiger partial charge in [-0.25, -0.2) is 0 Å². The van der Waals surface area contributed by atoms with Gasteiger partial charge in [-0.1, -0.05) is 32.4 Å². The van der Waals surface area contributed by atoms with Gasteiger partial charge in [0, 0.05) is 12.5 Å². The molecule has 1 aromatic carbocycles. The van der Waals surface area contributed by atoms with Crippen LogP contribution in [-0.2, 0) is 11.2 Å². The molecule has 0 bridgehead atoms. The van der Waals surface area contributed by atoms with Crippen LogP contribution in [0.1, 0.15) is 38.7 Å². The van der Waals surface area contributed by atoms with Gasteiger partial charge in [-0.15, -0.1) is 0 Å². The Morgan fingerprint density at radius 3 is 2.70 bits per heavy atom. The van der Waals surface area contributed by atoms with Crippen molar-refractivity contribution in [2.75, 3.05) is 19.7 Å². The predicted octanol–water partition coefficient (Wildman–Crippen LogP) is 2.76. The number of hydrogen-bond donors (Lipinski definition) is 2. The zero-order chi connectivity index (χ0) is 16.7. The smallest absolute Gasteiger partial charge is 0.223 e. The summed E-state index contributed by atoms with van der Waals surface area (Å²) in [5.74, 6) is 2.09. The molecule has 0 unspecified atom stereocenters. The minimum absolute atomic E-state index is 0.117. The van der Waals surface area contributed by atoms with E-state index in [1.165, 1.54) is 5.56 Å². The predicted molar refractivity (Wildman–Crippen MR) is 93.4 cm³/mol. The van der Waals surface area contributed by atoms with Crippen molar-refractivity contribution in [1.29, 1.82) is 0 Å². The van der Waals surface area contributed by atoms with E-state index in [0.717, 1.165) is 38.0 Å². The Balaban J connectivity index is 1.72. The normalized spacial score (nSPS) is 20.7. The fourth-order valence-corrected chi connectivity index (χ4v) is 3.14. The second kappa shape index (κ2) is 8.92. The molecule has 23 heavy (non-hydrogen) atoms. The van der Waals surface area contributed by atoms with Crippen LogP contribution in [0.25, 0.3) is 0 Å². The lowest BCUT2D eigenvalue weighted by Gasteiger charge is -2.17. The van der Waals surface area contributed by atoms with Crippen LogP contribution in [0.3, 0.4) is 0 Å². The number of benzene rings is 1. The van der Waals surface area contributed by atoms with Crippen molar-refractivity contribution in [2.24, 2.45) is 23.5 Å². The van der Waals surface area contributed by atoms with Crippen molar-refractivity contribution in [3.8, 4) is 5.75 Å². The van der Waals surface area contributed by atoms with Crippen LogP contribution >= 0.6 is 0 Å². The van der Waals surface area contributed by atoms with Gasteiger partial charge >= 0.3 is 0 Å². The number of carbonyl (C=O) groups excluding carboxylic acids is 1. The first kappa shape index (κ1) is 17.8. The average molecular weight is 318 g/mol. The van der Waals surface area contributed by atoms with Gasteiger partial charge in [-0.05, 0) is 55.3 Å². The van der Waals surface area contributed by atoms with E-state index in [0.29, 0.717) is 24.9 Å². The van der Waals surface area contributed by atoms with Gasteiger partial charge in [-0.3, -0.25) is 4.79 Å². The monoisotopic (exact) mass is 318 g/mol. The summed E-state index contributed by atoms with van der Waals surface area (Å²) in [7, 11) is 0. The zero-order valence-corrected chi connectivity index (χ0v) is 14.4. The van der Waals surface area contributed by atoms with Gasteiger partial charge < -0.3 is 15.8 Å². The quantitative estimate of drug-likeness (QED) is 0.774. The Hall–Kier alpha value is -1.55. The van der Waals surface area contributed by atoms with Crippen molar-refractivity contribution in [1.82, 2.24) is 5.32 Å². The summed E-state index contributed by atoms with van der Waals surface area (Å²) >= 11 is 0. The highest BCUT2D eigenvalue weighted by molar-refractivity contribution is 5.79. The van der Waals surface area contributed by atoms with Gasteiger partial charge in [0.15, 0.2) is 0 Å². The maximum Gasteiger partial charge on any atom is 0.223 e. The molecule has 1 aliphatic carbocycles. The molecule has 1 saturated carbocycles. The summed E-state index contributed by atoms with van der Waals surface area (Å²) in [5, 5.41) is 3.07. The highest BCUT2D eigenvalue weighted by Crippen LogP contribution is 2.30. The van der Waals surface area contributed by atoms with Crippen LogP contribution in [-0.4, -0.2) is 25.6 Å². The lowest BCUT2D eigenvalue weighted by molar-refractivity contribution is -0.125. The van der Waals surface area contributed by atoms with Gasteiger partial charge in [0.2, 0.25) is 5.91 Å². The van der Waals surface area contributed by atoms with Gasteiger partial charge in [0.25, 0.3) is 0 Å². The molecule has 0 aliphatic heterocycles. The molecule has 0 spiro atoms. The molecule has 0 radical (unpaired) electrons. The molecule has 128 valence electrons. The fraction of sp³-hybridized carbons (Fsp3) is 0.632. The molecular weight excluding hydrogens is 288 g/mol. The third kappa shape index (κ3) is 5.54. The summed E-state index contributed by atoms with van der Waals surface area (Å²) in [5.41, 5.74) is 6.96.